The molecule has 2 aromatic carbocycles. The summed E-state index contributed by atoms with van der Waals surface area (Å²) in [6.45, 7) is 1.10. The Kier molecular flexibility index (Phi) is 6.87. The smallest absolute Gasteiger partial charge is 0.257 e. The summed E-state index contributed by atoms with van der Waals surface area (Å²) < 4.78 is 46.9. The van der Waals surface area contributed by atoms with E-state index in [1.54, 1.807) is 11.0 Å². The molecule has 0 bridgehead atoms. The van der Waals surface area contributed by atoms with E-state index in [2.05, 4.69) is 4.72 Å². The lowest BCUT2D eigenvalue weighted by Crippen LogP contribution is -2.32. The molecule has 0 spiro atoms. The third-order valence-electron chi connectivity index (χ3n) is 5.02. The highest BCUT2D eigenvalue weighted by Gasteiger charge is 2.24. The summed E-state index contributed by atoms with van der Waals surface area (Å²) in [5, 5.41) is 0. The lowest BCUT2D eigenvalue weighted by molar-refractivity contribution is 0.0758. The molecule has 6 nitrogen and oxygen atoms in total. The Hall–Kier alpha value is -2.45. The number of nitrogens with one attached hydrogen (secondary N) is 1. The number of rotatable bonds is 6. The summed E-state index contributed by atoms with van der Waals surface area (Å²) in [6, 6.07) is 10.1. The maximum Gasteiger partial charge on any atom is 0.257 e. The van der Waals surface area contributed by atoms with Crippen LogP contribution in [0.3, 0.4) is 0 Å². The lowest BCUT2D eigenvalue weighted by Gasteiger charge is -2.22. The molecular formula is C21H25FN2O4S. The zero-order valence-corrected chi connectivity index (χ0v) is 17.2. The number of methoxy groups -OCH3 is 1. The maximum atomic E-state index is 13.8. The minimum atomic E-state index is -3.94. The molecule has 8 heteroatoms. The predicted octanol–water partition coefficient (Wildman–Crippen LogP) is 3.33. The second-order valence-electron chi connectivity index (χ2n) is 6.98. The SMILES string of the molecule is COc1ccc(S(=O)(=O)NCc2ccccc2F)cc1C(=O)N1CCCCCC1. The molecule has 0 saturated carbocycles. The first-order valence-electron chi connectivity index (χ1n) is 9.63. The number of amides is 1. The number of nitrogens with zero attached hydrogens (tertiary/aromatic N) is 1. The van der Waals surface area contributed by atoms with Crippen LogP contribution < -0.4 is 9.46 Å². The summed E-state index contributed by atoms with van der Waals surface area (Å²) in [5.41, 5.74) is 0.452. The highest BCUT2D eigenvalue weighted by molar-refractivity contribution is 7.89. The van der Waals surface area contributed by atoms with Gasteiger partial charge in [0.1, 0.15) is 11.6 Å². The van der Waals surface area contributed by atoms with Crippen molar-refractivity contribution in [2.24, 2.45) is 0 Å². The number of ether oxygens (including phenoxy) is 1. The second kappa shape index (κ2) is 9.37. The van der Waals surface area contributed by atoms with Crippen molar-refractivity contribution in [1.82, 2.24) is 9.62 Å². The standard InChI is InChI=1S/C21H25FN2O4S/c1-28-20-11-10-17(14-18(20)21(25)24-12-6-2-3-7-13-24)29(26,27)23-15-16-8-4-5-9-19(16)22/h4-5,8-11,14,23H,2-3,6-7,12-13,15H2,1H3. The predicted molar refractivity (Wildman–Crippen MR) is 108 cm³/mol. The first kappa shape index (κ1) is 21.3. The number of likely N-dealkylation sites (tertiary alicyclic amines) is 1. The van der Waals surface area contributed by atoms with Crippen molar-refractivity contribution in [3.63, 3.8) is 0 Å². The Morgan fingerprint density at radius 2 is 1.79 bits per heavy atom. The molecule has 1 aliphatic rings. The molecule has 156 valence electrons. The molecule has 1 amide bonds. The molecule has 0 radical (unpaired) electrons. The fraction of sp³-hybridized carbons (Fsp3) is 0.381. The third kappa shape index (κ3) is 5.13. The average Bonchev–Trinajstić information content (AvgIpc) is 3.02. The number of sulfonamides is 1. The van der Waals surface area contributed by atoms with Crippen LogP contribution in [-0.2, 0) is 16.6 Å². The van der Waals surface area contributed by atoms with Crippen molar-refractivity contribution in [3.05, 3.63) is 59.4 Å². The van der Waals surface area contributed by atoms with Gasteiger partial charge in [-0.3, -0.25) is 4.79 Å². The van der Waals surface area contributed by atoms with E-state index >= 15 is 0 Å². The van der Waals surface area contributed by atoms with Crippen LogP contribution in [0, 0.1) is 5.82 Å². The van der Waals surface area contributed by atoms with Crippen LogP contribution >= 0.6 is 0 Å². The Labute approximate surface area is 170 Å². The van der Waals surface area contributed by atoms with E-state index in [1.807, 2.05) is 0 Å². The Morgan fingerprint density at radius 1 is 1.10 bits per heavy atom. The van der Waals surface area contributed by atoms with Gasteiger partial charge in [0, 0.05) is 25.2 Å². The average molecular weight is 421 g/mol. The topological polar surface area (TPSA) is 75.7 Å². The zero-order chi connectivity index (χ0) is 20.9. The van der Waals surface area contributed by atoms with E-state index in [0.717, 1.165) is 25.7 Å². The largest absolute Gasteiger partial charge is 0.496 e. The molecule has 0 atom stereocenters. The highest BCUT2D eigenvalue weighted by atomic mass is 32.2. The van der Waals surface area contributed by atoms with Crippen LogP contribution in [0.15, 0.2) is 47.4 Å². The number of benzene rings is 2. The molecule has 0 aliphatic carbocycles. The summed E-state index contributed by atoms with van der Waals surface area (Å²) in [5.74, 6) is -0.399. The van der Waals surface area contributed by atoms with Crippen molar-refractivity contribution in [2.75, 3.05) is 20.2 Å². The maximum absolute atomic E-state index is 13.8. The van der Waals surface area contributed by atoms with Crippen molar-refractivity contribution in [3.8, 4) is 5.75 Å². The van der Waals surface area contributed by atoms with Gasteiger partial charge in [0.2, 0.25) is 10.0 Å². The number of carbonyl (C=O) groups excluding carboxylic acids is 1. The first-order valence-corrected chi connectivity index (χ1v) is 11.1. The van der Waals surface area contributed by atoms with Gasteiger partial charge in [0.25, 0.3) is 5.91 Å². The van der Waals surface area contributed by atoms with Gasteiger partial charge in [-0.2, -0.15) is 0 Å². The zero-order valence-electron chi connectivity index (χ0n) is 16.4. The van der Waals surface area contributed by atoms with E-state index in [0.29, 0.717) is 18.8 Å². The molecule has 0 aromatic heterocycles. The summed E-state index contributed by atoms with van der Waals surface area (Å²) in [4.78, 5) is 14.7. The Morgan fingerprint density at radius 3 is 2.45 bits per heavy atom. The van der Waals surface area contributed by atoms with E-state index < -0.39 is 15.8 Å². The van der Waals surface area contributed by atoms with Crippen LogP contribution in [0.5, 0.6) is 5.75 Å². The molecule has 1 heterocycles. The first-order chi connectivity index (χ1) is 13.9. The molecular weight excluding hydrogens is 395 g/mol. The molecule has 1 saturated heterocycles. The summed E-state index contributed by atoms with van der Waals surface area (Å²) in [6.07, 6.45) is 4.01. The Balaban J connectivity index is 1.84. The van der Waals surface area contributed by atoms with Crippen molar-refractivity contribution in [2.45, 2.75) is 37.1 Å². The van der Waals surface area contributed by atoms with Gasteiger partial charge in [0.15, 0.2) is 0 Å². The molecule has 2 aromatic rings. The molecule has 0 unspecified atom stereocenters. The molecule has 1 N–H and O–H groups in total. The minimum Gasteiger partial charge on any atom is -0.496 e. The van der Waals surface area contributed by atoms with Gasteiger partial charge in [-0.25, -0.2) is 17.5 Å². The van der Waals surface area contributed by atoms with E-state index in [4.69, 9.17) is 4.74 Å². The second-order valence-corrected chi connectivity index (χ2v) is 8.75. The lowest BCUT2D eigenvalue weighted by atomic mass is 10.1. The van der Waals surface area contributed by atoms with E-state index in [1.165, 1.54) is 43.5 Å². The Bertz CT molecular complexity index is 970. The third-order valence-corrected chi connectivity index (χ3v) is 6.41. The van der Waals surface area contributed by atoms with Crippen LogP contribution in [-0.4, -0.2) is 39.4 Å². The van der Waals surface area contributed by atoms with Gasteiger partial charge in [-0.15, -0.1) is 0 Å². The van der Waals surface area contributed by atoms with Crippen LogP contribution in [0.1, 0.15) is 41.6 Å². The van der Waals surface area contributed by atoms with Gasteiger partial charge >= 0.3 is 0 Å². The quantitative estimate of drug-likeness (QED) is 0.778. The summed E-state index contributed by atoms with van der Waals surface area (Å²) >= 11 is 0. The normalized spacial score (nSPS) is 15.0. The van der Waals surface area contributed by atoms with Crippen LogP contribution in [0.2, 0.25) is 0 Å². The van der Waals surface area contributed by atoms with Crippen molar-refractivity contribution < 1.29 is 22.3 Å². The van der Waals surface area contributed by atoms with E-state index in [-0.39, 0.29) is 28.5 Å². The number of hydrogen-bond acceptors (Lipinski definition) is 4. The van der Waals surface area contributed by atoms with Gasteiger partial charge in [-0.05, 0) is 37.1 Å². The minimum absolute atomic E-state index is 0.0622. The van der Waals surface area contributed by atoms with Crippen molar-refractivity contribution >= 4 is 15.9 Å². The van der Waals surface area contributed by atoms with Gasteiger partial charge < -0.3 is 9.64 Å². The fourth-order valence-electron chi connectivity index (χ4n) is 3.36. The summed E-state index contributed by atoms with van der Waals surface area (Å²) in [7, 11) is -2.49. The number of hydrogen-bond donors (Lipinski definition) is 1. The fourth-order valence-corrected chi connectivity index (χ4v) is 4.40. The highest BCUT2D eigenvalue weighted by Crippen LogP contribution is 2.25. The van der Waals surface area contributed by atoms with Gasteiger partial charge in [0.05, 0.1) is 17.6 Å². The molecule has 1 aliphatic heterocycles. The van der Waals surface area contributed by atoms with Crippen LogP contribution in [0.4, 0.5) is 4.39 Å². The number of halogens is 1. The molecule has 3 rings (SSSR count). The van der Waals surface area contributed by atoms with Crippen molar-refractivity contribution in [1.29, 1.82) is 0 Å². The molecule has 1 fully saturated rings. The molecule has 29 heavy (non-hydrogen) atoms. The number of carbonyl (C=O) groups is 1. The van der Waals surface area contributed by atoms with Gasteiger partial charge in [-0.1, -0.05) is 31.0 Å². The monoisotopic (exact) mass is 420 g/mol. The van der Waals surface area contributed by atoms with E-state index in [9.17, 15) is 17.6 Å². The van der Waals surface area contributed by atoms with Crippen LogP contribution in [0.25, 0.3) is 0 Å².